The molecule has 3 rings (SSSR count). The summed E-state index contributed by atoms with van der Waals surface area (Å²) in [6, 6.07) is 12.5. The van der Waals surface area contributed by atoms with Crippen LogP contribution in [0.1, 0.15) is 19.8 Å². The summed E-state index contributed by atoms with van der Waals surface area (Å²) in [7, 11) is 2.06. The highest BCUT2D eigenvalue weighted by Gasteiger charge is 2.14. The molecule has 0 atom stereocenters. The van der Waals surface area contributed by atoms with E-state index < -0.39 is 0 Å². The predicted molar refractivity (Wildman–Crippen MR) is 96.0 cm³/mol. The minimum atomic E-state index is 0.312. The second-order valence-corrected chi connectivity index (χ2v) is 6.66. The molecule has 0 fully saturated rings. The minimum Gasteiger partial charge on any atom is -0.359 e. The first-order valence-electron chi connectivity index (χ1n) is 7.42. The van der Waals surface area contributed by atoms with E-state index >= 15 is 0 Å². The number of halogens is 1. The highest BCUT2D eigenvalue weighted by atomic mass is 35.5. The van der Waals surface area contributed by atoms with Crippen LogP contribution in [0.5, 0.6) is 0 Å². The van der Waals surface area contributed by atoms with Crippen molar-refractivity contribution < 1.29 is 0 Å². The molecule has 3 aromatic rings. The van der Waals surface area contributed by atoms with Gasteiger partial charge in [-0.1, -0.05) is 43.7 Å². The number of thiophene rings is 1. The highest BCUT2D eigenvalue weighted by molar-refractivity contribution is 7.22. The average Bonchev–Trinajstić information content (AvgIpc) is 2.96. The monoisotopic (exact) mass is 331 g/mol. The van der Waals surface area contributed by atoms with Crippen molar-refractivity contribution in [3.05, 3.63) is 41.7 Å². The third kappa shape index (κ3) is 3.08. The largest absolute Gasteiger partial charge is 0.359 e. The van der Waals surface area contributed by atoms with Crippen molar-refractivity contribution in [3.63, 3.8) is 0 Å². The Morgan fingerprint density at radius 2 is 1.95 bits per heavy atom. The fourth-order valence-corrected chi connectivity index (χ4v) is 3.66. The molecular formula is C17H18ClN3S. The quantitative estimate of drug-likeness (QED) is 0.598. The van der Waals surface area contributed by atoms with Gasteiger partial charge in [0.2, 0.25) is 5.28 Å². The van der Waals surface area contributed by atoms with Gasteiger partial charge in [0, 0.05) is 18.5 Å². The number of unbranched alkanes of at least 4 members (excludes halogenated alkanes) is 1. The zero-order valence-electron chi connectivity index (χ0n) is 12.7. The summed E-state index contributed by atoms with van der Waals surface area (Å²) in [4.78, 5) is 13.1. The smallest absolute Gasteiger partial charge is 0.225 e. The van der Waals surface area contributed by atoms with Crippen LogP contribution < -0.4 is 4.90 Å². The molecule has 0 aliphatic heterocycles. The van der Waals surface area contributed by atoms with E-state index in [1.165, 1.54) is 10.4 Å². The Morgan fingerprint density at radius 1 is 1.18 bits per heavy atom. The van der Waals surface area contributed by atoms with Gasteiger partial charge in [-0.3, -0.25) is 0 Å². The summed E-state index contributed by atoms with van der Waals surface area (Å²) in [5, 5.41) is 1.39. The molecule has 114 valence electrons. The molecular weight excluding hydrogens is 314 g/mol. The van der Waals surface area contributed by atoms with E-state index in [0.717, 1.165) is 35.4 Å². The molecule has 0 bridgehead atoms. The lowest BCUT2D eigenvalue weighted by Crippen LogP contribution is -2.19. The summed E-state index contributed by atoms with van der Waals surface area (Å²) in [6.07, 6.45) is 2.29. The molecule has 0 radical (unpaired) electrons. The van der Waals surface area contributed by atoms with Gasteiger partial charge < -0.3 is 4.90 Å². The third-order valence-corrected chi connectivity index (χ3v) is 4.86. The molecule has 0 amide bonds. The molecule has 5 heteroatoms. The number of aromatic nitrogens is 2. The topological polar surface area (TPSA) is 29.0 Å². The van der Waals surface area contributed by atoms with E-state index in [-0.39, 0.29) is 0 Å². The van der Waals surface area contributed by atoms with E-state index in [0.29, 0.717) is 5.28 Å². The number of hydrogen-bond donors (Lipinski definition) is 0. The summed E-state index contributed by atoms with van der Waals surface area (Å²) < 4.78 is 0. The number of fused-ring (bicyclic) bond motifs is 1. The summed E-state index contributed by atoms with van der Waals surface area (Å²) in [5.41, 5.74) is 1.20. The molecule has 0 aliphatic rings. The standard InChI is InChI=1S/C17H18ClN3S/c1-3-4-10-21(2)15-13-11-14(12-8-6-5-7-9-12)22-16(13)20-17(18)19-15/h5-9,11H,3-4,10H2,1-2H3. The van der Waals surface area contributed by atoms with Gasteiger partial charge in [-0.05, 0) is 29.7 Å². The van der Waals surface area contributed by atoms with Gasteiger partial charge >= 0.3 is 0 Å². The van der Waals surface area contributed by atoms with Crippen molar-refractivity contribution in [2.45, 2.75) is 19.8 Å². The lowest BCUT2D eigenvalue weighted by molar-refractivity contribution is 0.761. The lowest BCUT2D eigenvalue weighted by Gasteiger charge is -2.18. The molecule has 0 saturated carbocycles. The second kappa shape index (κ2) is 6.63. The van der Waals surface area contributed by atoms with Crippen molar-refractivity contribution >= 4 is 39.0 Å². The predicted octanol–water partition coefficient (Wildman–Crippen LogP) is 5.25. The first-order chi connectivity index (χ1) is 10.7. The van der Waals surface area contributed by atoms with Crippen molar-refractivity contribution in [1.29, 1.82) is 0 Å². The number of benzene rings is 1. The number of rotatable bonds is 5. The van der Waals surface area contributed by atoms with Gasteiger partial charge in [-0.25, -0.2) is 4.98 Å². The average molecular weight is 332 g/mol. The molecule has 22 heavy (non-hydrogen) atoms. The molecule has 0 aliphatic carbocycles. The first kappa shape index (κ1) is 15.3. The van der Waals surface area contributed by atoms with Crippen LogP contribution in [0.4, 0.5) is 5.82 Å². The number of anilines is 1. The molecule has 2 aromatic heterocycles. The zero-order valence-corrected chi connectivity index (χ0v) is 14.3. The van der Waals surface area contributed by atoms with Crippen LogP contribution in [0.2, 0.25) is 5.28 Å². The van der Waals surface area contributed by atoms with Crippen LogP contribution in [0.25, 0.3) is 20.7 Å². The second-order valence-electron chi connectivity index (χ2n) is 5.29. The van der Waals surface area contributed by atoms with E-state index in [1.54, 1.807) is 11.3 Å². The Kier molecular flexibility index (Phi) is 4.60. The van der Waals surface area contributed by atoms with E-state index in [9.17, 15) is 0 Å². The van der Waals surface area contributed by atoms with Gasteiger partial charge in [-0.15, -0.1) is 11.3 Å². The maximum absolute atomic E-state index is 6.11. The van der Waals surface area contributed by atoms with Crippen molar-refractivity contribution in [2.75, 3.05) is 18.5 Å². The molecule has 0 N–H and O–H groups in total. The Morgan fingerprint density at radius 3 is 2.68 bits per heavy atom. The lowest BCUT2D eigenvalue weighted by atomic mass is 10.2. The van der Waals surface area contributed by atoms with Gasteiger partial charge in [-0.2, -0.15) is 4.98 Å². The van der Waals surface area contributed by atoms with Crippen molar-refractivity contribution in [1.82, 2.24) is 9.97 Å². The zero-order chi connectivity index (χ0) is 15.5. The molecule has 3 nitrogen and oxygen atoms in total. The van der Waals surface area contributed by atoms with Gasteiger partial charge in [0.25, 0.3) is 0 Å². The van der Waals surface area contributed by atoms with Crippen LogP contribution >= 0.6 is 22.9 Å². The van der Waals surface area contributed by atoms with Crippen LogP contribution in [-0.2, 0) is 0 Å². The highest BCUT2D eigenvalue weighted by Crippen LogP contribution is 2.36. The SMILES string of the molecule is CCCCN(C)c1nc(Cl)nc2sc(-c3ccccc3)cc12. The fraction of sp³-hybridized carbons (Fsp3) is 0.294. The first-order valence-corrected chi connectivity index (χ1v) is 8.62. The number of hydrogen-bond acceptors (Lipinski definition) is 4. The molecule has 0 spiro atoms. The maximum atomic E-state index is 6.11. The molecule has 0 saturated heterocycles. The Balaban J connectivity index is 2.07. The molecule has 2 heterocycles. The summed E-state index contributed by atoms with van der Waals surface area (Å²) in [6.45, 7) is 3.16. The van der Waals surface area contributed by atoms with Crippen LogP contribution in [0.15, 0.2) is 36.4 Å². The molecule has 1 aromatic carbocycles. The van der Waals surface area contributed by atoms with Crippen LogP contribution in [0.3, 0.4) is 0 Å². The molecule has 0 unspecified atom stereocenters. The maximum Gasteiger partial charge on any atom is 0.225 e. The number of nitrogens with zero attached hydrogens (tertiary/aromatic N) is 3. The van der Waals surface area contributed by atoms with Gasteiger partial charge in [0.05, 0.1) is 5.39 Å². The van der Waals surface area contributed by atoms with Gasteiger partial charge in [0.1, 0.15) is 10.6 Å². The van der Waals surface area contributed by atoms with E-state index in [2.05, 4.69) is 47.0 Å². The van der Waals surface area contributed by atoms with Gasteiger partial charge in [0.15, 0.2) is 0 Å². The summed E-state index contributed by atoms with van der Waals surface area (Å²) >= 11 is 7.77. The minimum absolute atomic E-state index is 0.312. The van der Waals surface area contributed by atoms with E-state index in [1.807, 2.05) is 18.2 Å². The van der Waals surface area contributed by atoms with Crippen molar-refractivity contribution in [3.8, 4) is 10.4 Å². The fourth-order valence-electron chi connectivity index (χ4n) is 2.42. The normalized spacial score (nSPS) is 11.0. The van der Waals surface area contributed by atoms with Crippen LogP contribution in [-0.4, -0.2) is 23.6 Å². The summed E-state index contributed by atoms with van der Waals surface area (Å²) in [5.74, 6) is 0.918. The van der Waals surface area contributed by atoms with E-state index in [4.69, 9.17) is 11.6 Å². The Bertz CT molecular complexity index is 770. The Labute approximate surface area is 139 Å². The van der Waals surface area contributed by atoms with Crippen LogP contribution in [0, 0.1) is 0 Å². The van der Waals surface area contributed by atoms with Crippen molar-refractivity contribution in [2.24, 2.45) is 0 Å². The third-order valence-electron chi connectivity index (χ3n) is 3.61. The Hall–Kier alpha value is -1.65.